The second-order valence-corrected chi connectivity index (χ2v) is 11.5. The van der Waals surface area contributed by atoms with Crippen LogP contribution < -0.4 is 0 Å². The van der Waals surface area contributed by atoms with Crippen LogP contribution >= 0.6 is 0 Å². The zero-order valence-electron chi connectivity index (χ0n) is 22.8. The van der Waals surface area contributed by atoms with Gasteiger partial charge in [0.15, 0.2) is 0 Å². The molecule has 5 heteroatoms. The van der Waals surface area contributed by atoms with Crippen molar-refractivity contribution in [3.05, 3.63) is 101 Å². The van der Waals surface area contributed by atoms with E-state index in [1.54, 1.807) is 0 Å². The van der Waals surface area contributed by atoms with Gasteiger partial charge in [-0.2, -0.15) is 5.26 Å². The molecule has 0 aliphatic rings. The van der Waals surface area contributed by atoms with Crippen molar-refractivity contribution in [3.63, 3.8) is 0 Å². The highest BCUT2D eigenvalue weighted by atomic mass is 16.6. The van der Waals surface area contributed by atoms with Gasteiger partial charge in [-0.15, -0.1) is 0 Å². The number of amides is 1. The molecule has 1 amide bonds. The summed E-state index contributed by atoms with van der Waals surface area (Å²) in [5.74, 6) is 0.0911. The predicted molar refractivity (Wildman–Crippen MR) is 148 cm³/mol. The van der Waals surface area contributed by atoms with Gasteiger partial charge in [-0.05, 0) is 38.6 Å². The van der Waals surface area contributed by atoms with Crippen LogP contribution in [-0.2, 0) is 22.2 Å². The fraction of sp³-hybridized carbons (Fsp3) is 0.375. The van der Waals surface area contributed by atoms with E-state index in [2.05, 4.69) is 47.6 Å². The summed E-state index contributed by atoms with van der Waals surface area (Å²) in [6.07, 6.45) is -0.530. The third-order valence-corrected chi connectivity index (χ3v) is 6.48. The maximum absolute atomic E-state index is 13.1. The zero-order valence-corrected chi connectivity index (χ0v) is 22.8. The number of nitriles is 1. The monoisotopic (exact) mass is 498 g/mol. The van der Waals surface area contributed by atoms with Gasteiger partial charge in [0.05, 0.1) is 6.07 Å². The van der Waals surface area contributed by atoms with Gasteiger partial charge in [-0.25, -0.2) is 4.79 Å². The minimum atomic E-state index is -0.530. The van der Waals surface area contributed by atoms with E-state index in [0.717, 1.165) is 27.8 Å². The quantitative estimate of drug-likeness (QED) is 0.347. The summed E-state index contributed by atoms with van der Waals surface area (Å²) in [4.78, 5) is 14.6. The molecule has 1 N–H and O–H groups in total. The average molecular weight is 499 g/mol. The van der Waals surface area contributed by atoms with Crippen molar-refractivity contribution in [1.82, 2.24) is 4.90 Å². The average Bonchev–Trinajstić information content (AvgIpc) is 2.85. The first kappa shape index (κ1) is 27.8. The molecule has 1 atom stereocenters. The molecular weight excluding hydrogens is 460 g/mol. The molecular formula is C32H38N2O3. The molecule has 0 heterocycles. The van der Waals surface area contributed by atoms with Crippen molar-refractivity contribution >= 4 is 6.09 Å². The highest BCUT2D eigenvalue weighted by molar-refractivity contribution is 5.68. The van der Waals surface area contributed by atoms with Gasteiger partial charge in [0.2, 0.25) is 0 Å². The molecule has 0 bridgehead atoms. The lowest BCUT2D eigenvalue weighted by molar-refractivity contribution is 0.0994. The van der Waals surface area contributed by atoms with Gasteiger partial charge in [0.25, 0.3) is 0 Å². The van der Waals surface area contributed by atoms with Gasteiger partial charge in [-0.3, -0.25) is 4.90 Å². The molecule has 0 saturated heterocycles. The maximum Gasteiger partial charge on any atom is 0.410 e. The van der Waals surface area contributed by atoms with E-state index in [1.807, 2.05) is 72.8 Å². The van der Waals surface area contributed by atoms with Gasteiger partial charge in [-0.1, -0.05) is 114 Å². The summed E-state index contributed by atoms with van der Waals surface area (Å²) >= 11 is 0. The molecule has 3 aromatic rings. The topological polar surface area (TPSA) is 73.6 Å². The number of hydrogen-bond donors (Lipinski definition) is 1. The second-order valence-electron chi connectivity index (χ2n) is 11.5. The van der Waals surface area contributed by atoms with E-state index in [4.69, 9.17) is 4.74 Å². The molecule has 194 valence electrons. The fourth-order valence-corrected chi connectivity index (χ4v) is 4.41. The number of phenols is 1. The van der Waals surface area contributed by atoms with Crippen LogP contribution in [0, 0.1) is 11.3 Å². The SMILES string of the molecule is CC(C)(C)c1cc([C@@H](CN(CC#N)C(=O)OCc2ccccc2)c2ccccc2)cc(C(C)(C)C)c1O. The van der Waals surface area contributed by atoms with E-state index in [1.165, 1.54) is 4.90 Å². The Kier molecular flexibility index (Phi) is 8.65. The summed E-state index contributed by atoms with van der Waals surface area (Å²) in [5, 5.41) is 20.8. The Morgan fingerprint density at radius 2 is 1.41 bits per heavy atom. The highest BCUT2D eigenvalue weighted by Gasteiger charge is 2.30. The number of rotatable bonds is 7. The first-order valence-corrected chi connectivity index (χ1v) is 12.7. The summed E-state index contributed by atoms with van der Waals surface area (Å²) in [6, 6.07) is 25.7. The molecule has 0 unspecified atom stereocenters. The van der Waals surface area contributed by atoms with Crippen LogP contribution in [0.25, 0.3) is 0 Å². The molecule has 5 nitrogen and oxygen atoms in total. The molecule has 0 saturated carbocycles. The predicted octanol–water partition coefficient (Wildman–Crippen LogP) is 7.28. The minimum absolute atomic E-state index is 0.0900. The van der Waals surface area contributed by atoms with Crippen molar-refractivity contribution < 1.29 is 14.6 Å². The number of hydrogen-bond acceptors (Lipinski definition) is 4. The number of nitrogens with zero attached hydrogens (tertiary/aromatic N) is 2. The molecule has 0 spiro atoms. The summed E-state index contributed by atoms with van der Waals surface area (Å²) in [5.41, 5.74) is 4.02. The largest absolute Gasteiger partial charge is 0.507 e. The van der Waals surface area contributed by atoms with Crippen molar-refractivity contribution in [2.45, 2.75) is 64.9 Å². The lowest BCUT2D eigenvalue weighted by Gasteiger charge is -2.31. The van der Waals surface area contributed by atoms with Crippen molar-refractivity contribution in [2.24, 2.45) is 0 Å². The van der Waals surface area contributed by atoms with E-state index < -0.39 is 6.09 Å². The minimum Gasteiger partial charge on any atom is -0.507 e. The Balaban J connectivity index is 2.05. The number of ether oxygens (including phenoxy) is 1. The van der Waals surface area contributed by atoms with E-state index >= 15 is 0 Å². The number of carbonyl (C=O) groups excluding carboxylic acids is 1. The Hall–Kier alpha value is -3.78. The Labute approximate surface area is 221 Å². The summed E-state index contributed by atoms with van der Waals surface area (Å²) in [7, 11) is 0. The van der Waals surface area contributed by atoms with Crippen molar-refractivity contribution in [1.29, 1.82) is 5.26 Å². The molecule has 0 aromatic heterocycles. The van der Waals surface area contributed by atoms with Crippen LogP contribution in [0.2, 0.25) is 0 Å². The summed E-state index contributed by atoms with van der Waals surface area (Å²) < 4.78 is 5.59. The number of carbonyl (C=O) groups is 1. The fourth-order valence-electron chi connectivity index (χ4n) is 4.41. The first-order valence-electron chi connectivity index (χ1n) is 12.7. The molecule has 3 aromatic carbocycles. The van der Waals surface area contributed by atoms with Crippen LogP contribution in [0.5, 0.6) is 5.75 Å². The van der Waals surface area contributed by atoms with E-state index in [-0.39, 0.29) is 36.4 Å². The van der Waals surface area contributed by atoms with Crippen LogP contribution in [0.4, 0.5) is 4.79 Å². The molecule has 37 heavy (non-hydrogen) atoms. The van der Waals surface area contributed by atoms with Gasteiger partial charge in [0.1, 0.15) is 18.9 Å². The lowest BCUT2D eigenvalue weighted by Crippen LogP contribution is -2.36. The first-order chi connectivity index (χ1) is 17.4. The maximum atomic E-state index is 13.1. The summed E-state index contributed by atoms with van der Waals surface area (Å²) in [6.45, 7) is 12.8. The standard InChI is InChI=1S/C32H38N2O3/c1-31(2,3)27-19-25(20-28(29(27)35)32(4,5)6)26(24-15-11-8-12-16-24)21-34(18-17-33)30(36)37-22-23-13-9-7-10-14-23/h7-16,19-20,26,35H,18,21-22H2,1-6H3/t26-/m0/s1. The number of phenolic OH excluding ortho intramolecular Hbond substituents is 1. The zero-order chi connectivity index (χ0) is 27.2. The van der Waals surface area contributed by atoms with Crippen molar-refractivity contribution in [3.8, 4) is 11.8 Å². The third kappa shape index (κ3) is 7.13. The van der Waals surface area contributed by atoms with Crippen molar-refractivity contribution in [2.75, 3.05) is 13.1 Å². The van der Waals surface area contributed by atoms with Crippen LogP contribution in [0.3, 0.4) is 0 Å². The molecule has 0 fully saturated rings. The van der Waals surface area contributed by atoms with Gasteiger partial charge < -0.3 is 9.84 Å². The molecule has 0 aliphatic carbocycles. The third-order valence-electron chi connectivity index (χ3n) is 6.48. The normalized spacial score (nSPS) is 12.5. The van der Waals surface area contributed by atoms with E-state index in [0.29, 0.717) is 5.75 Å². The molecule has 0 aliphatic heterocycles. The Morgan fingerprint density at radius 3 is 1.89 bits per heavy atom. The van der Waals surface area contributed by atoms with Crippen LogP contribution in [0.15, 0.2) is 72.8 Å². The Bertz CT molecular complexity index is 1200. The lowest BCUT2D eigenvalue weighted by atomic mass is 9.76. The second kappa shape index (κ2) is 11.5. The molecule has 3 rings (SSSR count). The van der Waals surface area contributed by atoms with Crippen LogP contribution in [0.1, 0.15) is 75.3 Å². The number of benzene rings is 3. The highest BCUT2D eigenvalue weighted by Crippen LogP contribution is 2.42. The van der Waals surface area contributed by atoms with E-state index in [9.17, 15) is 15.2 Å². The number of aromatic hydroxyl groups is 1. The van der Waals surface area contributed by atoms with Crippen LogP contribution in [-0.4, -0.2) is 29.2 Å². The smallest absolute Gasteiger partial charge is 0.410 e. The van der Waals surface area contributed by atoms with Gasteiger partial charge >= 0.3 is 6.09 Å². The van der Waals surface area contributed by atoms with Gasteiger partial charge in [0, 0.05) is 12.5 Å². The molecule has 0 radical (unpaired) electrons. The Morgan fingerprint density at radius 1 is 0.892 bits per heavy atom.